The molecule has 2 heterocycles. The van der Waals surface area contributed by atoms with Crippen LogP contribution in [0.25, 0.3) is 21.9 Å². The Morgan fingerprint density at radius 1 is 1.10 bits per heavy atom. The van der Waals surface area contributed by atoms with Crippen molar-refractivity contribution in [3.05, 3.63) is 64.6 Å². The Balaban J connectivity index is 1.84. The number of aromatic nitrogens is 1. The van der Waals surface area contributed by atoms with Gasteiger partial charge in [0, 0.05) is 36.5 Å². The van der Waals surface area contributed by atoms with Crippen molar-refractivity contribution >= 4 is 10.8 Å². The van der Waals surface area contributed by atoms with Crippen molar-refractivity contribution in [2.75, 3.05) is 26.3 Å². The standard InChI is InChI=1S/C23H23N3O3/c1-16(26-10-12-28-13-11-26)29-18-8-9-19-20(14-18)22(17-6-4-3-5-7-17)21(15-24)25(2)23(19)27/h3-9,14,16H,10-13H2,1-2H3. The molecule has 0 aliphatic carbocycles. The molecule has 0 saturated carbocycles. The fourth-order valence-electron chi connectivity index (χ4n) is 3.81. The fourth-order valence-corrected chi connectivity index (χ4v) is 3.81. The van der Waals surface area contributed by atoms with Gasteiger partial charge in [0.1, 0.15) is 23.7 Å². The minimum atomic E-state index is -0.191. The number of hydrogen-bond donors (Lipinski definition) is 0. The Bertz CT molecular complexity index is 1130. The van der Waals surface area contributed by atoms with Gasteiger partial charge in [0.25, 0.3) is 5.56 Å². The van der Waals surface area contributed by atoms with Crippen LogP contribution in [-0.2, 0) is 11.8 Å². The molecule has 1 aromatic heterocycles. The summed E-state index contributed by atoms with van der Waals surface area (Å²) in [5.41, 5.74) is 1.79. The van der Waals surface area contributed by atoms with Crippen molar-refractivity contribution in [2.24, 2.45) is 7.05 Å². The Morgan fingerprint density at radius 3 is 2.52 bits per heavy atom. The minimum absolute atomic E-state index is 0.112. The van der Waals surface area contributed by atoms with Crippen LogP contribution in [-0.4, -0.2) is 42.0 Å². The van der Waals surface area contributed by atoms with Crippen LogP contribution < -0.4 is 10.3 Å². The van der Waals surface area contributed by atoms with E-state index in [9.17, 15) is 10.1 Å². The highest BCUT2D eigenvalue weighted by atomic mass is 16.5. The summed E-state index contributed by atoms with van der Waals surface area (Å²) in [6.45, 7) is 5.06. The molecule has 0 spiro atoms. The largest absolute Gasteiger partial charge is 0.475 e. The molecule has 148 valence electrons. The smallest absolute Gasteiger partial charge is 0.259 e. The minimum Gasteiger partial charge on any atom is -0.475 e. The molecule has 0 bridgehead atoms. The molecule has 29 heavy (non-hydrogen) atoms. The summed E-state index contributed by atoms with van der Waals surface area (Å²) in [5, 5.41) is 11.1. The monoisotopic (exact) mass is 389 g/mol. The number of nitriles is 1. The van der Waals surface area contributed by atoms with Gasteiger partial charge in [-0.3, -0.25) is 9.69 Å². The number of morpholine rings is 1. The number of rotatable bonds is 4. The molecule has 1 saturated heterocycles. The highest BCUT2D eigenvalue weighted by Gasteiger charge is 2.20. The molecular formula is C23H23N3O3. The zero-order valence-electron chi connectivity index (χ0n) is 16.6. The first-order valence-corrected chi connectivity index (χ1v) is 9.71. The zero-order valence-corrected chi connectivity index (χ0v) is 16.6. The number of benzene rings is 2. The summed E-state index contributed by atoms with van der Waals surface area (Å²) in [4.78, 5) is 15.0. The van der Waals surface area contributed by atoms with Crippen LogP contribution in [0.1, 0.15) is 12.6 Å². The molecule has 0 amide bonds. The van der Waals surface area contributed by atoms with E-state index in [1.165, 1.54) is 4.57 Å². The van der Waals surface area contributed by atoms with Gasteiger partial charge < -0.3 is 14.0 Å². The molecule has 0 radical (unpaired) electrons. The highest BCUT2D eigenvalue weighted by Crippen LogP contribution is 2.32. The van der Waals surface area contributed by atoms with Crippen molar-refractivity contribution in [1.82, 2.24) is 9.47 Å². The summed E-state index contributed by atoms with van der Waals surface area (Å²) in [6, 6.07) is 17.4. The SMILES string of the molecule is CC(Oc1ccc2c(=O)n(C)c(C#N)c(-c3ccccc3)c2c1)N1CCOCC1. The van der Waals surface area contributed by atoms with Crippen molar-refractivity contribution in [2.45, 2.75) is 13.2 Å². The Labute approximate surface area is 169 Å². The first-order valence-electron chi connectivity index (χ1n) is 9.71. The number of nitrogens with zero attached hydrogens (tertiary/aromatic N) is 3. The summed E-state index contributed by atoms with van der Waals surface area (Å²) >= 11 is 0. The van der Waals surface area contributed by atoms with Gasteiger partial charge in [-0.05, 0) is 30.7 Å². The third-order valence-electron chi connectivity index (χ3n) is 5.40. The topological polar surface area (TPSA) is 67.5 Å². The Morgan fingerprint density at radius 2 is 1.83 bits per heavy atom. The van der Waals surface area contributed by atoms with Crippen LogP contribution in [0.15, 0.2) is 53.3 Å². The highest BCUT2D eigenvalue weighted by molar-refractivity contribution is 5.99. The van der Waals surface area contributed by atoms with Crippen LogP contribution in [0, 0.1) is 11.3 Å². The van der Waals surface area contributed by atoms with Gasteiger partial charge in [-0.1, -0.05) is 30.3 Å². The van der Waals surface area contributed by atoms with Crippen molar-refractivity contribution in [3.63, 3.8) is 0 Å². The summed E-state index contributed by atoms with van der Waals surface area (Å²) in [7, 11) is 1.64. The quantitative estimate of drug-likeness (QED) is 0.686. The first-order chi connectivity index (χ1) is 14.1. The lowest BCUT2D eigenvalue weighted by Crippen LogP contribution is -2.44. The van der Waals surface area contributed by atoms with E-state index in [0.29, 0.717) is 30.0 Å². The van der Waals surface area contributed by atoms with Gasteiger partial charge in [0.05, 0.1) is 13.2 Å². The molecule has 3 aromatic rings. The van der Waals surface area contributed by atoms with E-state index in [4.69, 9.17) is 9.47 Å². The van der Waals surface area contributed by atoms with Gasteiger partial charge in [-0.2, -0.15) is 5.26 Å². The van der Waals surface area contributed by atoms with E-state index in [-0.39, 0.29) is 11.8 Å². The van der Waals surface area contributed by atoms with Gasteiger partial charge in [0.15, 0.2) is 0 Å². The number of pyridine rings is 1. The molecule has 1 fully saturated rings. The van der Waals surface area contributed by atoms with Gasteiger partial charge >= 0.3 is 0 Å². The average molecular weight is 389 g/mol. The molecule has 1 unspecified atom stereocenters. The number of ether oxygens (including phenoxy) is 2. The second-order valence-electron chi connectivity index (χ2n) is 7.14. The predicted molar refractivity (Wildman–Crippen MR) is 112 cm³/mol. The molecule has 1 atom stereocenters. The van der Waals surface area contributed by atoms with Gasteiger partial charge in [-0.15, -0.1) is 0 Å². The Kier molecular flexibility index (Phi) is 5.34. The summed E-state index contributed by atoms with van der Waals surface area (Å²) < 4.78 is 13.0. The van der Waals surface area contributed by atoms with Crippen LogP contribution in [0.3, 0.4) is 0 Å². The lowest BCUT2D eigenvalue weighted by molar-refractivity contribution is -0.0372. The molecule has 6 heteroatoms. The van der Waals surface area contributed by atoms with Gasteiger partial charge in [-0.25, -0.2) is 0 Å². The van der Waals surface area contributed by atoms with Crippen molar-refractivity contribution in [1.29, 1.82) is 5.26 Å². The maximum atomic E-state index is 12.8. The van der Waals surface area contributed by atoms with E-state index < -0.39 is 0 Å². The van der Waals surface area contributed by atoms with E-state index >= 15 is 0 Å². The predicted octanol–water partition coefficient (Wildman–Crippen LogP) is 3.13. The van der Waals surface area contributed by atoms with Gasteiger partial charge in [0.2, 0.25) is 0 Å². The second-order valence-corrected chi connectivity index (χ2v) is 7.14. The Hall–Kier alpha value is -3.14. The molecular weight excluding hydrogens is 366 g/mol. The van der Waals surface area contributed by atoms with E-state index in [0.717, 1.165) is 29.6 Å². The fraction of sp³-hybridized carbons (Fsp3) is 0.304. The molecule has 2 aromatic carbocycles. The third kappa shape index (κ3) is 3.63. The molecule has 1 aliphatic rings. The number of hydrogen-bond acceptors (Lipinski definition) is 5. The van der Waals surface area contributed by atoms with Crippen molar-refractivity contribution in [3.8, 4) is 22.9 Å². The molecule has 1 aliphatic heterocycles. The van der Waals surface area contributed by atoms with E-state index in [2.05, 4.69) is 11.0 Å². The zero-order chi connectivity index (χ0) is 20.4. The van der Waals surface area contributed by atoms with E-state index in [1.54, 1.807) is 13.1 Å². The van der Waals surface area contributed by atoms with Crippen molar-refractivity contribution < 1.29 is 9.47 Å². The van der Waals surface area contributed by atoms with Crippen LogP contribution in [0.2, 0.25) is 0 Å². The average Bonchev–Trinajstić information content (AvgIpc) is 2.77. The lowest BCUT2D eigenvalue weighted by Gasteiger charge is -2.32. The molecule has 0 N–H and O–H groups in total. The summed E-state index contributed by atoms with van der Waals surface area (Å²) in [5.74, 6) is 0.672. The maximum Gasteiger partial charge on any atom is 0.259 e. The van der Waals surface area contributed by atoms with Crippen LogP contribution >= 0.6 is 0 Å². The van der Waals surface area contributed by atoms with E-state index in [1.807, 2.05) is 49.4 Å². The summed E-state index contributed by atoms with van der Waals surface area (Å²) in [6.07, 6.45) is -0.112. The lowest BCUT2D eigenvalue weighted by atomic mass is 9.97. The molecule has 6 nitrogen and oxygen atoms in total. The second kappa shape index (κ2) is 8.08. The third-order valence-corrected chi connectivity index (χ3v) is 5.40. The van der Waals surface area contributed by atoms with Crippen LogP contribution in [0.4, 0.5) is 0 Å². The first kappa shape index (κ1) is 19.2. The normalized spacial score (nSPS) is 15.8. The molecule has 4 rings (SSSR count). The number of fused-ring (bicyclic) bond motifs is 1. The van der Waals surface area contributed by atoms with Crippen LogP contribution in [0.5, 0.6) is 5.75 Å². The maximum absolute atomic E-state index is 12.8.